The van der Waals surface area contributed by atoms with Gasteiger partial charge < -0.3 is 9.47 Å². The number of rotatable bonds is 4. The summed E-state index contributed by atoms with van der Waals surface area (Å²) >= 11 is 0. The molecule has 0 aromatic carbocycles. The molecule has 0 radical (unpaired) electrons. The quantitative estimate of drug-likeness (QED) is 0.564. The summed E-state index contributed by atoms with van der Waals surface area (Å²) in [6.07, 6.45) is 3.61. The molecule has 2 heteroatoms. The first kappa shape index (κ1) is 9.34. The molecule has 2 nitrogen and oxygen atoms in total. The van der Waals surface area contributed by atoms with Crippen molar-refractivity contribution in [3.8, 4) is 0 Å². The van der Waals surface area contributed by atoms with Gasteiger partial charge in [0.1, 0.15) is 12.5 Å². The molecule has 0 N–H and O–H groups in total. The molecule has 0 heterocycles. The maximum atomic E-state index is 5.09. The van der Waals surface area contributed by atoms with Gasteiger partial charge in [-0.05, 0) is 27.7 Å². The van der Waals surface area contributed by atoms with Crippen LogP contribution in [0.15, 0.2) is 12.5 Å². The Morgan fingerprint density at radius 1 is 0.800 bits per heavy atom. The van der Waals surface area contributed by atoms with E-state index in [2.05, 4.69) is 0 Å². The van der Waals surface area contributed by atoms with Gasteiger partial charge in [0, 0.05) is 0 Å². The zero-order valence-electron chi connectivity index (χ0n) is 7.13. The fourth-order valence-corrected chi connectivity index (χ4v) is 0.378. The molecule has 0 atom stereocenters. The Labute approximate surface area is 62.8 Å². The molecular weight excluding hydrogens is 128 g/mol. The van der Waals surface area contributed by atoms with Crippen LogP contribution in [0.5, 0.6) is 0 Å². The molecule has 0 rings (SSSR count). The highest BCUT2D eigenvalue weighted by Crippen LogP contribution is 1.91. The van der Waals surface area contributed by atoms with Crippen molar-refractivity contribution in [2.75, 3.05) is 0 Å². The first-order valence-electron chi connectivity index (χ1n) is 3.59. The summed E-state index contributed by atoms with van der Waals surface area (Å²) in [5.41, 5.74) is 0. The van der Waals surface area contributed by atoms with E-state index in [1.165, 1.54) is 0 Å². The van der Waals surface area contributed by atoms with Gasteiger partial charge in [0.15, 0.2) is 0 Å². The monoisotopic (exact) mass is 144 g/mol. The van der Waals surface area contributed by atoms with Crippen molar-refractivity contribution in [2.45, 2.75) is 39.9 Å². The average Bonchev–Trinajstić information content (AvgIpc) is 1.79. The molecule has 10 heavy (non-hydrogen) atoms. The topological polar surface area (TPSA) is 18.5 Å². The molecule has 0 aliphatic heterocycles. The summed E-state index contributed by atoms with van der Waals surface area (Å²) in [5.74, 6) is 0. The molecule has 60 valence electrons. The molecule has 0 spiro atoms. The Morgan fingerprint density at radius 2 is 1.10 bits per heavy atom. The summed E-state index contributed by atoms with van der Waals surface area (Å²) in [5, 5.41) is 0. The smallest absolute Gasteiger partial charge is 0.118 e. The fourth-order valence-electron chi connectivity index (χ4n) is 0.378. The minimum atomic E-state index is 0.229. The van der Waals surface area contributed by atoms with Crippen LogP contribution < -0.4 is 0 Å². The van der Waals surface area contributed by atoms with Crippen LogP contribution in [0.2, 0.25) is 0 Å². The lowest BCUT2D eigenvalue weighted by molar-refractivity contribution is 0.139. The standard InChI is InChI=1S/C8H16O2/c1-7(2)9-5-6-10-8(3)4/h5-8H,1-4H3/b6-5+. The summed E-state index contributed by atoms with van der Waals surface area (Å²) < 4.78 is 10.2. The third kappa shape index (κ3) is 7.34. The molecular formula is C8H16O2. The van der Waals surface area contributed by atoms with E-state index in [4.69, 9.17) is 9.47 Å². The van der Waals surface area contributed by atoms with Gasteiger partial charge in [-0.2, -0.15) is 0 Å². The molecule has 0 aromatic heterocycles. The SMILES string of the molecule is CC(C)O/C=C/OC(C)C. The summed E-state index contributed by atoms with van der Waals surface area (Å²) in [6.45, 7) is 7.89. The highest BCUT2D eigenvalue weighted by molar-refractivity contribution is 4.63. The number of ether oxygens (including phenoxy) is 2. The Bertz CT molecular complexity index is 83.4. The van der Waals surface area contributed by atoms with Crippen LogP contribution in [-0.2, 0) is 9.47 Å². The van der Waals surface area contributed by atoms with Gasteiger partial charge in [0.25, 0.3) is 0 Å². The van der Waals surface area contributed by atoms with Gasteiger partial charge in [0.05, 0.1) is 12.2 Å². The third-order valence-electron chi connectivity index (χ3n) is 0.757. The lowest BCUT2D eigenvalue weighted by Crippen LogP contribution is -1.98. The Balaban J connectivity index is 3.20. The van der Waals surface area contributed by atoms with Gasteiger partial charge in [0.2, 0.25) is 0 Å². The lowest BCUT2D eigenvalue weighted by Gasteiger charge is -2.05. The third-order valence-corrected chi connectivity index (χ3v) is 0.757. The highest BCUT2D eigenvalue weighted by atomic mass is 16.5. The fraction of sp³-hybridized carbons (Fsp3) is 0.750. The Hall–Kier alpha value is -0.660. The largest absolute Gasteiger partial charge is 0.495 e. The second-order valence-electron chi connectivity index (χ2n) is 2.64. The summed E-state index contributed by atoms with van der Waals surface area (Å²) in [7, 11) is 0. The van der Waals surface area contributed by atoms with Crippen LogP contribution in [0, 0.1) is 0 Å². The van der Waals surface area contributed by atoms with Crippen LogP contribution in [0.3, 0.4) is 0 Å². The van der Waals surface area contributed by atoms with Crippen molar-refractivity contribution < 1.29 is 9.47 Å². The first-order valence-corrected chi connectivity index (χ1v) is 3.59. The number of hydrogen-bond acceptors (Lipinski definition) is 2. The molecule has 0 saturated carbocycles. The summed E-state index contributed by atoms with van der Waals surface area (Å²) in [4.78, 5) is 0. The van der Waals surface area contributed by atoms with Gasteiger partial charge in [-0.25, -0.2) is 0 Å². The van der Waals surface area contributed by atoms with E-state index >= 15 is 0 Å². The number of hydrogen-bond donors (Lipinski definition) is 0. The van der Waals surface area contributed by atoms with Crippen molar-refractivity contribution in [3.05, 3.63) is 12.5 Å². The van der Waals surface area contributed by atoms with E-state index in [9.17, 15) is 0 Å². The molecule has 0 aliphatic rings. The van der Waals surface area contributed by atoms with Crippen molar-refractivity contribution in [2.24, 2.45) is 0 Å². The van der Waals surface area contributed by atoms with Gasteiger partial charge in [-0.15, -0.1) is 0 Å². The van der Waals surface area contributed by atoms with E-state index in [1.807, 2.05) is 27.7 Å². The molecule has 0 amide bonds. The van der Waals surface area contributed by atoms with Crippen molar-refractivity contribution in [1.82, 2.24) is 0 Å². The molecule has 0 bridgehead atoms. The van der Waals surface area contributed by atoms with Gasteiger partial charge in [-0.3, -0.25) is 0 Å². The van der Waals surface area contributed by atoms with Gasteiger partial charge >= 0.3 is 0 Å². The van der Waals surface area contributed by atoms with Crippen LogP contribution in [0.1, 0.15) is 27.7 Å². The Morgan fingerprint density at radius 3 is 1.30 bits per heavy atom. The first-order chi connectivity index (χ1) is 4.63. The molecule has 0 aromatic rings. The second-order valence-corrected chi connectivity index (χ2v) is 2.64. The predicted octanol–water partition coefficient (Wildman–Crippen LogP) is 2.31. The average molecular weight is 144 g/mol. The minimum absolute atomic E-state index is 0.229. The zero-order valence-corrected chi connectivity index (χ0v) is 7.13. The van der Waals surface area contributed by atoms with E-state index in [-0.39, 0.29) is 12.2 Å². The van der Waals surface area contributed by atoms with Crippen molar-refractivity contribution in [1.29, 1.82) is 0 Å². The van der Waals surface area contributed by atoms with Gasteiger partial charge in [-0.1, -0.05) is 0 Å². The van der Waals surface area contributed by atoms with Crippen LogP contribution >= 0.6 is 0 Å². The van der Waals surface area contributed by atoms with E-state index in [1.54, 1.807) is 12.5 Å². The maximum absolute atomic E-state index is 5.09. The molecule has 0 saturated heterocycles. The van der Waals surface area contributed by atoms with E-state index < -0.39 is 0 Å². The van der Waals surface area contributed by atoms with Crippen LogP contribution in [0.4, 0.5) is 0 Å². The van der Waals surface area contributed by atoms with Crippen LogP contribution in [-0.4, -0.2) is 12.2 Å². The van der Waals surface area contributed by atoms with Crippen molar-refractivity contribution in [3.63, 3.8) is 0 Å². The normalized spacial score (nSPS) is 11.4. The highest BCUT2D eigenvalue weighted by Gasteiger charge is 1.87. The maximum Gasteiger partial charge on any atom is 0.118 e. The van der Waals surface area contributed by atoms with E-state index in [0.29, 0.717) is 0 Å². The molecule has 0 unspecified atom stereocenters. The predicted molar refractivity (Wildman–Crippen MR) is 41.6 cm³/mol. The molecule has 0 aliphatic carbocycles. The lowest BCUT2D eigenvalue weighted by atomic mass is 10.5. The van der Waals surface area contributed by atoms with Crippen molar-refractivity contribution >= 4 is 0 Å². The Kier molecular flexibility index (Phi) is 4.81. The summed E-state index contributed by atoms with van der Waals surface area (Å²) in [6, 6.07) is 0. The molecule has 0 fully saturated rings. The minimum Gasteiger partial charge on any atom is -0.495 e. The zero-order chi connectivity index (χ0) is 7.98. The second kappa shape index (κ2) is 5.15. The van der Waals surface area contributed by atoms with Crippen LogP contribution in [0.25, 0.3) is 0 Å². The van der Waals surface area contributed by atoms with E-state index in [0.717, 1.165) is 0 Å².